The van der Waals surface area contributed by atoms with E-state index in [9.17, 15) is 0 Å². The number of amidine groups is 1. The highest BCUT2D eigenvalue weighted by Gasteiger charge is 2.10. The Morgan fingerprint density at radius 1 is 1.47 bits per heavy atom. The lowest BCUT2D eigenvalue weighted by atomic mass is 10.1. The molecule has 0 atom stereocenters. The number of aromatic nitrogens is 3. The van der Waals surface area contributed by atoms with Crippen LogP contribution in [-0.2, 0) is 7.05 Å². The zero-order chi connectivity index (χ0) is 12.4. The standard InChI is InChI=1S/C11H13N5S/c1-7-3-4-9(8(5-7)10(12)13)17-11-14-6-15-16(11)2/h3-6H,1-2H3,(H3,12,13). The third kappa shape index (κ3) is 2.47. The molecule has 6 heteroatoms. The summed E-state index contributed by atoms with van der Waals surface area (Å²) in [5.74, 6) is 0.0679. The molecule has 1 heterocycles. The van der Waals surface area contributed by atoms with Gasteiger partial charge in [0.05, 0.1) is 0 Å². The van der Waals surface area contributed by atoms with Gasteiger partial charge in [-0.2, -0.15) is 5.10 Å². The van der Waals surface area contributed by atoms with Crippen LogP contribution in [0.2, 0.25) is 0 Å². The third-order valence-corrected chi connectivity index (χ3v) is 3.42. The van der Waals surface area contributed by atoms with E-state index in [-0.39, 0.29) is 5.84 Å². The largest absolute Gasteiger partial charge is 0.384 e. The van der Waals surface area contributed by atoms with Gasteiger partial charge in [0.1, 0.15) is 12.2 Å². The molecular formula is C11H13N5S. The van der Waals surface area contributed by atoms with E-state index >= 15 is 0 Å². The van der Waals surface area contributed by atoms with E-state index in [1.165, 1.54) is 18.1 Å². The van der Waals surface area contributed by atoms with E-state index in [1.54, 1.807) is 4.68 Å². The summed E-state index contributed by atoms with van der Waals surface area (Å²) in [6.07, 6.45) is 1.50. The van der Waals surface area contributed by atoms with E-state index in [2.05, 4.69) is 10.1 Å². The molecule has 0 amide bonds. The van der Waals surface area contributed by atoms with Gasteiger partial charge in [-0.3, -0.25) is 5.41 Å². The molecule has 17 heavy (non-hydrogen) atoms. The molecule has 3 N–H and O–H groups in total. The third-order valence-electron chi connectivity index (χ3n) is 2.30. The minimum atomic E-state index is 0.0679. The highest BCUT2D eigenvalue weighted by molar-refractivity contribution is 7.99. The first-order valence-corrected chi connectivity index (χ1v) is 5.86. The fourth-order valence-corrected chi connectivity index (χ4v) is 2.31. The molecule has 0 aliphatic heterocycles. The van der Waals surface area contributed by atoms with Gasteiger partial charge in [-0.05, 0) is 30.8 Å². The van der Waals surface area contributed by atoms with Gasteiger partial charge < -0.3 is 5.73 Å². The Bertz CT molecular complexity index is 561. The molecule has 1 aromatic carbocycles. The van der Waals surface area contributed by atoms with Gasteiger partial charge in [0.2, 0.25) is 0 Å². The van der Waals surface area contributed by atoms with Crippen molar-refractivity contribution in [1.82, 2.24) is 14.8 Å². The molecule has 2 rings (SSSR count). The Kier molecular flexibility index (Phi) is 3.14. The Morgan fingerprint density at radius 2 is 2.24 bits per heavy atom. The fraction of sp³-hybridized carbons (Fsp3) is 0.182. The lowest BCUT2D eigenvalue weighted by molar-refractivity contribution is 0.685. The monoisotopic (exact) mass is 247 g/mol. The first-order chi connectivity index (χ1) is 8.08. The molecule has 0 bridgehead atoms. The SMILES string of the molecule is Cc1ccc(Sc2ncnn2C)c(C(=N)N)c1. The maximum atomic E-state index is 7.58. The minimum absolute atomic E-state index is 0.0679. The molecular weight excluding hydrogens is 234 g/mol. The Balaban J connectivity index is 2.39. The summed E-state index contributed by atoms with van der Waals surface area (Å²) >= 11 is 1.45. The van der Waals surface area contributed by atoms with Gasteiger partial charge in [0.25, 0.3) is 0 Å². The Labute approximate surface area is 104 Å². The van der Waals surface area contributed by atoms with Crippen LogP contribution in [0.4, 0.5) is 0 Å². The molecule has 2 aromatic rings. The number of nitrogen functional groups attached to an aromatic ring is 1. The van der Waals surface area contributed by atoms with Crippen molar-refractivity contribution in [3.8, 4) is 0 Å². The lowest BCUT2D eigenvalue weighted by Gasteiger charge is -2.08. The quantitative estimate of drug-likeness (QED) is 0.637. The van der Waals surface area contributed by atoms with Crippen molar-refractivity contribution >= 4 is 17.6 Å². The predicted octanol–water partition coefficient (Wildman–Crippen LogP) is 1.56. The molecule has 0 aliphatic rings. The molecule has 1 aromatic heterocycles. The van der Waals surface area contributed by atoms with Crippen LogP contribution in [0.25, 0.3) is 0 Å². The number of nitrogens with one attached hydrogen (secondary N) is 1. The van der Waals surface area contributed by atoms with Crippen molar-refractivity contribution in [3.63, 3.8) is 0 Å². The van der Waals surface area contributed by atoms with Crippen LogP contribution in [0.15, 0.2) is 34.6 Å². The zero-order valence-electron chi connectivity index (χ0n) is 9.64. The van der Waals surface area contributed by atoms with E-state index in [1.807, 2.05) is 32.2 Å². The number of hydrogen-bond acceptors (Lipinski definition) is 4. The molecule has 0 fully saturated rings. The van der Waals surface area contributed by atoms with Crippen LogP contribution in [0.1, 0.15) is 11.1 Å². The second kappa shape index (κ2) is 4.58. The number of aryl methyl sites for hydroxylation is 2. The molecule has 5 nitrogen and oxygen atoms in total. The van der Waals surface area contributed by atoms with Crippen LogP contribution in [-0.4, -0.2) is 20.6 Å². The Morgan fingerprint density at radius 3 is 2.82 bits per heavy atom. The van der Waals surface area contributed by atoms with Crippen molar-refractivity contribution in [2.75, 3.05) is 0 Å². The van der Waals surface area contributed by atoms with E-state index in [0.717, 1.165) is 21.2 Å². The van der Waals surface area contributed by atoms with E-state index < -0.39 is 0 Å². The van der Waals surface area contributed by atoms with Crippen molar-refractivity contribution in [3.05, 3.63) is 35.7 Å². The van der Waals surface area contributed by atoms with Gasteiger partial charge >= 0.3 is 0 Å². The predicted molar refractivity (Wildman–Crippen MR) is 67.3 cm³/mol. The van der Waals surface area contributed by atoms with Gasteiger partial charge in [0, 0.05) is 17.5 Å². The average molecular weight is 247 g/mol. The zero-order valence-corrected chi connectivity index (χ0v) is 10.5. The summed E-state index contributed by atoms with van der Waals surface area (Å²) in [6.45, 7) is 1.98. The number of rotatable bonds is 3. The van der Waals surface area contributed by atoms with Crippen LogP contribution < -0.4 is 5.73 Å². The van der Waals surface area contributed by atoms with E-state index in [0.29, 0.717) is 0 Å². The number of benzene rings is 1. The summed E-state index contributed by atoms with van der Waals surface area (Å²) in [4.78, 5) is 5.05. The number of nitrogens with two attached hydrogens (primary N) is 1. The molecule has 88 valence electrons. The summed E-state index contributed by atoms with van der Waals surface area (Å²) < 4.78 is 1.69. The van der Waals surface area contributed by atoms with Crippen molar-refractivity contribution in [1.29, 1.82) is 5.41 Å². The Hall–Kier alpha value is -1.82. The van der Waals surface area contributed by atoms with Gasteiger partial charge in [-0.25, -0.2) is 9.67 Å². The van der Waals surface area contributed by atoms with Gasteiger partial charge in [0.15, 0.2) is 5.16 Å². The van der Waals surface area contributed by atoms with Crippen molar-refractivity contribution in [2.45, 2.75) is 17.0 Å². The van der Waals surface area contributed by atoms with Crippen molar-refractivity contribution < 1.29 is 0 Å². The molecule has 0 radical (unpaired) electrons. The highest BCUT2D eigenvalue weighted by atomic mass is 32.2. The number of nitrogens with zero attached hydrogens (tertiary/aromatic N) is 3. The van der Waals surface area contributed by atoms with E-state index in [4.69, 9.17) is 11.1 Å². The van der Waals surface area contributed by atoms with Crippen LogP contribution in [0.3, 0.4) is 0 Å². The van der Waals surface area contributed by atoms with Crippen molar-refractivity contribution in [2.24, 2.45) is 12.8 Å². The maximum absolute atomic E-state index is 7.58. The summed E-state index contributed by atoms with van der Waals surface area (Å²) in [5.41, 5.74) is 7.39. The van der Waals surface area contributed by atoms with Crippen LogP contribution in [0, 0.1) is 12.3 Å². The molecule has 0 aliphatic carbocycles. The van der Waals surface area contributed by atoms with Gasteiger partial charge in [-0.15, -0.1) is 0 Å². The highest BCUT2D eigenvalue weighted by Crippen LogP contribution is 2.28. The first-order valence-electron chi connectivity index (χ1n) is 5.05. The fourth-order valence-electron chi connectivity index (χ4n) is 1.42. The molecule has 0 saturated carbocycles. The van der Waals surface area contributed by atoms with Gasteiger partial charge in [-0.1, -0.05) is 11.6 Å². The first kappa shape index (κ1) is 11.7. The second-order valence-electron chi connectivity index (χ2n) is 3.68. The summed E-state index contributed by atoms with van der Waals surface area (Å²) in [5, 5.41) is 12.4. The van der Waals surface area contributed by atoms with Crippen LogP contribution in [0.5, 0.6) is 0 Å². The van der Waals surface area contributed by atoms with Crippen LogP contribution >= 0.6 is 11.8 Å². The normalized spacial score (nSPS) is 10.5. The lowest BCUT2D eigenvalue weighted by Crippen LogP contribution is -2.12. The minimum Gasteiger partial charge on any atom is -0.384 e. The smallest absolute Gasteiger partial charge is 0.190 e. The average Bonchev–Trinajstić information content (AvgIpc) is 2.67. The second-order valence-corrected chi connectivity index (χ2v) is 4.69. The summed E-state index contributed by atoms with van der Waals surface area (Å²) in [6, 6.07) is 5.84. The summed E-state index contributed by atoms with van der Waals surface area (Å²) in [7, 11) is 1.83. The topological polar surface area (TPSA) is 80.6 Å². The maximum Gasteiger partial charge on any atom is 0.190 e. The number of hydrogen-bond donors (Lipinski definition) is 2. The molecule has 0 saturated heterocycles. The molecule has 0 unspecified atom stereocenters. The molecule has 0 spiro atoms.